The number of hydrogen-bond acceptors (Lipinski definition) is 5. The molecule has 0 bridgehead atoms. The first-order valence-corrected chi connectivity index (χ1v) is 11.4. The monoisotopic (exact) mass is 413 g/mol. The normalized spacial score (nSPS) is 12.8. The lowest BCUT2D eigenvalue weighted by Crippen LogP contribution is -2.42. The molecule has 6 heteroatoms. The second-order valence-corrected chi connectivity index (χ2v) is 7.99. The zero-order valence-electron chi connectivity index (χ0n) is 19.1. The lowest BCUT2D eigenvalue weighted by molar-refractivity contribution is -0.149. The van der Waals surface area contributed by atoms with Gasteiger partial charge < -0.3 is 14.8 Å². The Morgan fingerprint density at radius 1 is 0.759 bits per heavy atom. The molecule has 0 aromatic carbocycles. The number of ether oxygens (including phenoxy) is 2. The predicted octanol–water partition coefficient (Wildman–Crippen LogP) is 5.08. The molecule has 0 aliphatic heterocycles. The van der Waals surface area contributed by atoms with Crippen LogP contribution in [0.3, 0.4) is 0 Å². The molecule has 1 N–H and O–H groups in total. The van der Waals surface area contributed by atoms with Crippen LogP contribution in [0.4, 0.5) is 0 Å². The van der Waals surface area contributed by atoms with E-state index in [2.05, 4.69) is 10.1 Å². The van der Waals surface area contributed by atoms with Gasteiger partial charge in [-0.1, -0.05) is 64.2 Å². The van der Waals surface area contributed by atoms with Crippen molar-refractivity contribution in [3.05, 3.63) is 0 Å². The molecule has 0 radical (unpaired) electrons. The molecule has 2 atom stereocenters. The Morgan fingerprint density at radius 2 is 1.21 bits per heavy atom. The van der Waals surface area contributed by atoms with Gasteiger partial charge in [0.1, 0.15) is 6.10 Å². The Kier molecular flexibility index (Phi) is 17.4. The average molecular weight is 414 g/mol. The second-order valence-electron chi connectivity index (χ2n) is 7.99. The van der Waals surface area contributed by atoms with E-state index in [1.807, 2.05) is 6.92 Å². The number of carbonyl (C=O) groups excluding carboxylic acids is 3. The maximum Gasteiger partial charge on any atom is 0.305 e. The first-order chi connectivity index (χ1) is 13.9. The Bertz CT molecular complexity index is 453. The van der Waals surface area contributed by atoms with Crippen molar-refractivity contribution in [2.24, 2.45) is 0 Å². The predicted molar refractivity (Wildman–Crippen MR) is 115 cm³/mol. The standard InChI is InChI=1S/C23H43NO5/c1-19(24-20(2)25)22(29-21(3)26)17-15-13-11-9-7-5-6-8-10-12-14-16-18-23(27)28-4/h19,22H,5-18H2,1-4H3,(H,24,25)/t19-,22-/m1/s1. The lowest BCUT2D eigenvalue weighted by atomic mass is 10.0. The summed E-state index contributed by atoms with van der Waals surface area (Å²) in [5, 5.41) is 2.82. The molecular formula is C23H43NO5. The highest BCUT2D eigenvalue weighted by molar-refractivity contribution is 5.73. The van der Waals surface area contributed by atoms with Crippen LogP contribution in [-0.4, -0.2) is 37.1 Å². The number of nitrogens with one attached hydrogen (secondary N) is 1. The van der Waals surface area contributed by atoms with Gasteiger partial charge in [-0.05, 0) is 26.2 Å². The van der Waals surface area contributed by atoms with Gasteiger partial charge in [-0.25, -0.2) is 0 Å². The highest BCUT2D eigenvalue weighted by Gasteiger charge is 2.20. The Labute approximate surface area is 177 Å². The molecule has 0 saturated carbocycles. The molecule has 29 heavy (non-hydrogen) atoms. The van der Waals surface area contributed by atoms with E-state index in [-0.39, 0.29) is 30.0 Å². The molecule has 0 spiro atoms. The van der Waals surface area contributed by atoms with E-state index in [1.165, 1.54) is 72.3 Å². The van der Waals surface area contributed by atoms with Crippen LogP contribution in [0.25, 0.3) is 0 Å². The van der Waals surface area contributed by atoms with E-state index in [0.29, 0.717) is 6.42 Å². The Morgan fingerprint density at radius 3 is 1.62 bits per heavy atom. The number of carbonyl (C=O) groups is 3. The molecule has 0 aromatic rings. The summed E-state index contributed by atoms with van der Waals surface area (Å²) in [5.74, 6) is -0.499. The molecule has 0 heterocycles. The third kappa shape index (κ3) is 18.2. The Hall–Kier alpha value is -1.59. The number of amides is 1. The largest absolute Gasteiger partial charge is 0.469 e. The van der Waals surface area contributed by atoms with Crippen molar-refractivity contribution >= 4 is 17.8 Å². The summed E-state index contributed by atoms with van der Waals surface area (Å²) in [5.41, 5.74) is 0. The lowest BCUT2D eigenvalue weighted by Gasteiger charge is -2.24. The van der Waals surface area contributed by atoms with Gasteiger partial charge in [-0.2, -0.15) is 0 Å². The van der Waals surface area contributed by atoms with Crippen molar-refractivity contribution in [2.45, 2.75) is 123 Å². The van der Waals surface area contributed by atoms with Gasteiger partial charge in [-0.15, -0.1) is 0 Å². The molecule has 1 amide bonds. The van der Waals surface area contributed by atoms with Crippen LogP contribution >= 0.6 is 0 Å². The summed E-state index contributed by atoms with van der Waals surface area (Å²) in [4.78, 5) is 33.5. The van der Waals surface area contributed by atoms with Crippen LogP contribution in [0.5, 0.6) is 0 Å². The van der Waals surface area contributed by atoms with Crippen LogP contribution in [0, 0.1) is 0 Å². The van der Waals surface area contributed by atoms with Gasteiger partial charge in [0.05, 0.1) is 13.2 Å². The fraction of sp³-hybridized carbons (Fsp3) is 0.870. The molecule has 6 nitrogen and oxygen atoms in total. The average Bonchev–Trinajstić information content (AvgIpc) is 2.66. The minimum absolute atomic E-state index is 0.101. The number of esters is 2. The van der Waals surface area contributed by atoms with Gasteiger partial charge in [0, 0.05) is 20.3 Å². The summed E-state index contributed by atoms with van der Waals surface area (Å²) < 4.78 is 10.00. The minimum atomic E-state index is -0.296. The van der Waals surface area contributed by atoms with E-state index in [0.717, 1.165) is 32.1 Å². The van der Waals surface area contributed by atoms with E-state index in [1.54, 1.807) is 0 Å². The van der Waals surface area contributed by atoms with Crippen LogP contribution in [0.1, 0.15) is 111 Å². The van der Waals surface area contributed by atoms with Gasteiger partial charge in [-0.3, -0.25) is 14.4 Å². The van der Waals surface area contributed by atoms with Crippen LogP contribution < -0.4 is 5.32 Å². The van der Waals surface area contributed by atoms with Gasteiger partial charge in [0.25, 0.3) is 0 Å². The van der Waals surface area contributed by atoms with E-state index < -0.39 is 0 Å². The van der Waals surface area contributed by atoms with Crippen LogP contribution in [-0.2, 0) is 23.9 Å². The van der Waals surface area contributed by atoms with Crippen molar-refractivity contribution < 1.29 is 23.9 Å². The highest BCUT2D eigenvalue weighted by Crippen LogP contribution is 2.15. The quantitative estimate of drug-likeness (QED) is 0.250. The van der Waals surface area contributed by atoms with Crippen molar-refractivity contribution in [3.63, 3.8) is 0 Å². The molecule has 0 unspecified atom stereocenters. The molecular weight excluding hydrogens is 370 g/mol. The smallest absolute Gasteiger partial charge is 0.305 e. The van der Waals surface area contributed by atoms with Crippen LogP contribution in [0.15, 0.2) is 0 Å². The molecule has 0 aromatic heterocycles. The topological polar surface area (TPSA) is 81.7 Å². The zero-order chi connectivity index (χ0) is 21.9. The summed E-state index contributed by atoms with van der Waals surface area (Å²) in [6, 6.07) is -0.156. The molecule has 0 aliphatic carbocycles. The second kappa shape index (κ2) is 18.4. The first-order valence-electron chi connectivity index (χ1n) is 11.4. The van der Waals surface area contributed by atoms with Crippen molar-refractivity contribution in [2.75, 3.05) is 7.11 Å². The molecule has 0 fully saturated rings. The SMILES string of the molecule is COC(=O)CCCCCCCCCCCCCC[C@@H](OC(C)=O)[C@@H](C)NC(C)=O. The minimum Gasteiger partial charge on any atom is -0.469 e. The summed E-state index contributed by atoms with van der Waals surface area (Å²) >= 11 is 0. The van der Waals surface area contributed by atoms with Gasteiger partial charge in [0.2, 0.25) is 5.91 Å². The molecule has 0 saturated heterocycles. The van der Waals surface area contributed by atoms with Gasteiger partial charge >= 0.3 is 11.9 Å². The van der Waals surface area contributed by atoms with E-state index in [4.69, 9.17) is 4.74 Å². The number of unbranched alkanes of at least 4 members (excludes halogenated alkanes) is 11. The number of rotatable bonds is 18. The maximum absolute atomic E-state index is 11.3. The first kappa shape index (κ1) is 27.4. The molecule has 0 aliphatic rings. The highest BCUT2D eigenvalue weighted by atomic mass is 16.5. The maximum atomic E-state index is 11.3. The third-order valence-electron chi connectivity index (χ3n) is 5.15. The van der Waals surface area contributed by atoms with Crippen molar-refractivity contribution in [1.82, 2.24) is 5.32 Å². The molecule has 170 valence electrons. The van der Waals surface area contributed by atoms with Crippen molar-refractivity contribution in [1.29, 1.82) is 0 Å². The van der Waals surface area contributed by atoms with Crippen molar-refractivity contribution in [3.8, 4) is 0 Å². The summed E-state index contributed by atoms with van der Waals surface area (Å²) in [6.07, 6.45) is 15.3. The Balaban J connectivity index is 3.55. The molecule has 0 rings (SSSR count). The number of hydrogen-bond donors (Lipinski definition) is 1. The summed E-state index contributed by atoms with van der Waals surface area (Å²) in [7, 11) is 1.44. The third-order valence-corrected chi connectivity index (χ3v) is 5.15. The fourth-order valence-corrected chi connectivity index (χ4v) is 3.52. The summed E-state index contributed by atoms with van der Waals surface area (Å²) in [6.45, 7) is 4.77. The van der Waals surface area contributed by atoms with Gasteiger partial charge in [0.15, 0.2) is 0 Å². The van der Waals surface area contributed by atoms with E-state index in [9.17, 15) is 14.4 Å². The fourth-order valence-electron chi connectivity index (χ4n) is 3.52. The number of methoxy groups -OCH3 is 1. The van der Waals surface area contributed by atoms with Crippen LogP contribution in [0.2, 0.25) is 0 Å². The zero-order valence-corrected chi connectivity index (χ0v) is 19.1. The van der Waals surface area contributed by atoms with E-state index >= 15 is 0 Å².